The van der Waals surface area contributed by atoms with E-state index in [1.54, 1.807) is 24.6 Å². The number of benzene rings is 1. The van der Waals surface area contributed by atoms with E-state index in [4.69, 9.17) is 9.72 Å². The van der Waals surface area contributed by atoms with Crippen LogP contribution in [0.3, 0.4) is 0 Å². The molecule has 4 rings (SSSR count). The Bertz CT molecular complexity index is 945. The summed E-state index contributed by atoms with van der Waals surface area (Å²) < 4.78 is 7.08. The van der Waals surface area contributed by atoms with Gasteiger partial charge < -0.3 is 14.6 Å². The Morgan fingerprint density at radius 1 is 1.37 bits per heavy atom. The molecule has 1 unspecified atom stereocenters. The third-order valence-corrected chi connectivity index (χ3v) is 6.11. The van der Waals surface area contributed by atoms with E-state index < -0.39 is 0 Å². The first kappa shape index (κ1) is 17.7. The Hall–Kier alpha value is -2.67. The normalized spacial score (nSPS) is 16.0. The number of ether oxygens (including phenoxy) is 1. The van der Waals surface area contributed by atoms with Gasteiger partial charge in [0.05, 0.1) is 23.7 Å². The van der Waals surface area contributed by atoms with E-state index in [0.717, 1.165) is 52.7 Å². The number of imidazole rings is 1. The molecule has 1 atom stereocenters. The van der Waals surface area contributed by atoms with Crippen LogP contribution in [0, 0.1) is 0 Å². The number of nitrogens with zero attached hydrogens (tertiary/aromatic N) is 3. The number of rotatable bonds is 5. The molecule has 2 heterocycles. The van der Waals surface area contributed by atoms with Gasteiger partial charge in [-0.1, -0.05) is 0 Å². The number of amides is 1. The molecule has 1 amide bonds. The van der Waals surface area contributed by atoms with Crippen LogP contribution in [-0.4, -0.2) is 27.6 Å². The van der Waals surface area contributed by atoms with Gasteiger partial charge in [-0.3, -0.25) is 4.79 Å². The minimum Gasteiger partial charge on any atom is -0.497 e. The molecule has 3 aromatic rings. The minimum absolute atomic E-state index is 0.00671. The number of aromatic nitrogens is 3. The molecule has 1 N–H and O–H groups in total. The number of fused-ring (bicyclic) bond motifs is 1. The van der Waals surface area contributed by atoms with Crippen LogP contribution >= 0.6 is 11.3 Å². The highest BCUT2D eigenvalue weighted by molar-refractivity contribution is 7.15. The van der Waals surface area contributed by atoms with Crippen LogP contribution in [0.15, 0.2) is 36.7 Å². The van der Waals surface area contributed by atoms with Crippen LogP contribution in [0.4, 0.5) is 0 Å². The number of nitrogens with one attached hydrogen (secondary N) is 1. The first-order valence-corrected chi connectivity index (χ1v) is 9.97. The summed E-state index contributed by atoms with van der Waals surface area (Å²) in [4.78, 5) is 22.9. The third-order valence-electron chi connectivity index (χ3n) is 4.85. The molecule has 0 radical (unpaired) electrons. The topological polar surface area (TPSA) is 69.0 Å². The fourth-order valence-corrected chi connectivity index (χ4v) is 4.61. The van der Waals surface area contributed by atoms with E-state index in [0.29, 0.717) is 5.82 Å². The highest BCUT2D eigenvalue weighted by atomic mass is 32.1. The molecule has 0 fully saturated rings. The Kier molecular flexibility index (Phi) is 4.94. The van der Waals surface area contributed by atoms with Crippen molar-refractivity contribution >= 4 is 17.2 Å². The average molecular weight is 382 g/mol. The largest absolute Gasteiger partial charge is 0.497 e. The third kappa shape index (κ3) is 3.47. The number of carbonyl (C=O) groups excluding carboxylic acids is 1. The van der Waals surface area contributed by atoms with E-state index in [1.807, 2.05) is 42.0 Å². The summed E-state index contributed by atoms with van der Waals surface area (Å²) >= 11 is 1.67. The second-order valence-electron chi connectivity index (χ2n) is 6.51. The molecule has 1 aromatic carbocycles. The number of hydrogen-bond donors (Lipinski definition) is 1. The summed E-state index contributed by atoms with van der Waals surface area (Å²) in [6.07, 6.45) is 6.40. The van der Waals surface area contributed by atoms with Crippen molar-refractivity contribution in [2.75, 3.05) is 7.11 Å². The van der Waals surface area contributed by atoms with Crippen molar-refractivity contribution in [3.63, 3.8) is 0 Å². The quantitative estimate of drug-likeness (QED) is 0.728. The van der Waals surface area contributed by atoms with E-state index >= 15 is 0 Å². The SMILES string of the molecule is CCn1ccnc1C(=O)NC1CCCc2nc(-c3ccc(OC)cc3)sc21. The van der Waals surface area contributed by atoms with Gasteiger partial charge in [0.2, 0.25) is 0 Å². The zero-order valence-electron chi connectivity index (χ0n) is 15.4. The van der Waals surface area contributed by atoms with Gasteiger partial charge in [-0.2, -0.15) is 0 Å². The van der Waals surface area contributed by atoms with E-state index in [2.05, 4.69) is 10.3 Å². The summed E-state index contributed by atoms with van der Waals surface area (Å²) in [6.45, 7) is 2.72. The molecule has 1 aliphatic carbocycles. The molecule has 0 bridgehead atoms. The number of hydrogen-bond acceptors (Lipinski definition) is 5. The average Bonchev–Trinajstić information content (AvgIpc) is 3.35. The van der Waals surface area contributed by atoms with Crippen molar-refractivity contribution in [3.8, 4) is 16.3 Å². The van der Waals surface area contributed by atoms with E-state index in [9.17, 15) is 4.79 Å². The van der Waals surface area contributed by atoms with Crippen LogP contribution in [0.5, 0.6) is 5.75 Å². The van der Waals surface area contributed by atoms with Crippen molar-refractivity contribution in [1.29, 1.82) is 0 Å². The summed E-state index contributed by atoms with van der Waals surface area (Å²) in [5.74, 6) is 1.17. The molecule has 0 saturated carbocycles. The summed E-state index contributed by atoms with van der Waals surface area (Å²) in [5, 5.41) is 4.15. The number of methoxy groups -OCH3 is 1. The Morgan fingerprint density at radius 3 is 2.93 bits per heavy atom. The van der Waals surface area contributed by atoms with Gasteiger partial charge in [-0.25, -0.2) is 9.97 Å². The van der Waals surface area contributed by atoms with Gasteiger partial charge in [-0.15, -0.1) is 11.3 Å². The lowest BCUT2D eigenvalue weighted by Gasteiger charge is -2.22. The molecule has 6 nitrogen and oxygen atoms in total. The van der Waals surface area contributed by atoms with Crippen LogP contribution in [-0.2, 0) is 13.0 Å². The van der Waals surface area contributed by atoms with Gasteiger partial charge in [0.1, 0.15) is 10.8 Å². The lowest BCUT2D eigenvalue weighted by atomic mass is 9.98. The summed E-state index contributed by atoms with van der Waals surface area (Å²) in [5.41, 5.74) is 2.17. The highest BCUT2D eigenvalue weighted by Gasteiger charge is 2.27. The number of carbonyl (C=O) groups is 1. The number of aryl methyl sites for hydroxylation is 2. The van der Waals surface area contributed by atoms with Gasteiger partial charge in [-0.05, 0) is 50.5 Å². The zero-order valence-corrected chi connectivity index (χ0v) is 16.3. The molecule has 140 valence electrons. The van der Waals surface area contributed by atoms with Gasteiger partial charge >= 0.3 is 0 Å². The first-order valence-electron chi connectivity index (χ1n) is 9.15. The lowest BCUT2D eigenvalue weighted by Crippen LogP contribution is -2.32. The number of thiazole rings is 1. The van der Waals surface area contributed by atoms with E-state index in [1.165, 1.54) is 0 Å². The Balaban J connectivity index is 1.58. The second kappa shape index (κ2) is 7.52. The van der Waals surface area contributed by atoms with Crippen molar-refractivity contribution in [1.82, 2.24) is 19.9 Å². The van der Waals surface area contributed by atoms with Gasteiger partial charge in [0.15, 0.2) is 5.82 Å². The Labute approximate surface area is 162 Å². The van der Waals surface area contributed by atoms with Gasteiger partial charge in [0.25, 0.3) is 5.91 Å². The predicted molar refractivity (Wildman–Crippen MR) is 105 cm³/mol. The molecule has 0 saturated heterocycles. The monoisotopic (exact) mass is 382 g/mol. The lowest BCUT2D eigenvalue weighted by molar-refractivity contribution is 0.0918. The van der Waals surface area contributed by atoms with Crippen LogP contribution in [0.2, 0.25) is 0 Å². The molecular weight excluding hydrogens is 360 g/mol. The smallest absolute Gasteiger partial charge is 0.287 e. The van der Waals surface area contributed by atoms with Crippen LogP contribution in [0.25, 0.3) is 10.6 Å². The molecular formula is C20H22N4O2S. The highest BCUT2D eigenvalue weighted by Crippen LogP contribution is 2.38. The summed E-state index contributed by atoms with van der Waals surface area (Å²) in [6, 6.07) is 7.93. The Morgan fingerprint density at radius 2 is 2.19 bits per heavy atom. The fraction of sp³-hybridized carbons (Fsp3) is 0.350. The van der Waals surface area contributed by atoms with Crippen LogP contribution < -0.4 is 10.1 Å². The standard InChI is InChI=1S/C20H22N4O2S/c1-3-24-12-11-21-18(24)19(25)22-15-5-4-6-16-17(15)27-20(23-16)13-7-9-14(26-2)10-8-13/h7-12,15H,3-6H2,1-2H3,(H,22,25). The van der Waals surface area contributed by atoms with Crippen molar-refractivity contribution in [2.45, 2.75) is 38.8 Å². The predicted octanol–water partition coefficient (Wildman–Crippen LogP) is 3.84. The van der Waals surface area contributed by atoms with Crippen molar-refractivity contribution in [2.24, 2.45) is 0 Å². The van der Waals surface area contributed by atoms with Crippen LogP contribution in [0.1, 0.15) is 47.0 Å². The minimum atomic E-state index is -0.126. The first-order chi connectivity index (χ1) is 13.2. The van der Waals surface area contributed by atoms with Crippen molar-refractivity contribution in [3.05, 3.63) is 53.1 Å². The maximum absolute atomic E-state index is 12.7. The summed E-state index contributed by atoms with van der Waals surface area (Å²) in [7, 11) is 1.66. The maximum Gasteiger partial charge on any atom is 0.287 e. The molecule has 2 aromatic heterocycles. The maximum atomic E-state index is 12.7. The molecule has 27 heavy (non-hydrogen) atoms. The second-order valence-corrected chi connectivity index (χ2v) is 7.54. The van der Waals surface area contributed by atoms with E-state index in [-0.39, 0.29) is 11.9 Å². The molecule has 1 aliphatic rings. The zero-order chi connectivity index (χ0) is 18.8. The molecule has 0 aliphatic heterocycles. The molecule has 7 heteroatoms. The molecule has 0 spiro atoms. The van der Waals surface area contributed by atoms with Crippen molar-refractivity contribution < 1.29 is 9.53 Å². The fourth-order valence-electron chi connectivity index (χ4n) is 3.41. The van der Waals surface area contributed by atoms with Gasteiger partial charge in [0, 0.05) is 24.5 Å².